The monoisotopic (exact) mass is 161 g/mol. The lowest BCUT2D eigenvalue weighted by Gasteiger charge is -2.02. The Bertz CT molecular complexity index is 312. The molecule has 1 aromatic rings. The number of aryl methyl sites for hydroxylation is 1. The summed E-state index contributed by atoms with van der Waals surface area (Å²) in [6, 6.07) is 3.96. The summed E-state index contributed by atoms with van der Waals surface area (Å²) in [4.78, 5) is 4.11. The third kappa shape index (κ3) is 1.54. The van der Waals surface area contributed by atoms with Crippen LogP contribution in [0.4, 0.5) is 5.82 Å². The maximum Gasteiger partial charge on any atom is 0.143 e. The second-order valence-corrected chi connectivity index (χ2v) is 2.46. The highest BCUT2D eigenvalue weighted by Gasteiger charge is 2.01. The summed E-state index contributed by atoms with van der Waals surface area (Å²) in [6.45, 7) is 2.04. The predicted molar refractivity (Wildman–Crippen MR) is 47.9 cm³/mol. The van der Waals surface area contributed by atoms with Gasteiger partial charge in [-0.3, -0.25) is 0 Å². The molecule has 0 radical (unpaired) electrons. The number of nitrogens with zero attached hydrogens (tertiary/aromatic N) is 2. The van der Waals surface area contributed by atoms with Crippen LogP contribution in [-0.4, -0.2) is 12.0 Å². The fourth-order valence-corrected chi connectivity index (χ4v) is 0.986. The number of nitriles is 1. The van der Waals surface area contributed by atoms with E-state index in [0.717, 1.165) is 12.0 Å². The number of anilines is 1. The van der Waals surface area contributed by atoms with Gasteiger partial charge >= 0.3 is 0 Å². The molecule has 0 spiro atoms. The lowest BCUT2D eigenvalue weighted by atomic mass is 10.1. The van der Waals surface area contributed by atoms with Gasteiger partial charge in [-0.05, 0) is 18.1 Å². The van der Waals surface area contributed by atoms with Crippen molar-refractivity contribution in [2.45, 2.75) is 13.3 Å². The SMILES string of the molecule is CCc1cnc(NC)c(C#N)c1. The lowest BCUT2D eigenvalue weighted by Crippen LogP contribution is -1.97. The van der Waals surface area contributed by atoms with Crippen molar-refractivity contribution in [2.75, 3.05) is 12.4 Å². The van der Waals surface area contributed by atoms with Gasteiger partial charge in [-0.15, -0.1) is 0 Å². The van der Waals surface area contributed by atoms with Crippen LogP contribution in [0.3, 0.4) is 0 Å². The van der Waals surface area contributed by atoms with Gasteiger partial charge in [0, 0.05) is 13.2 Å². The van der Waals surface area contributed by atoms with Crippen molar-refractivity contribution in [3.63, 3.8) is 0 Å². The van der Waals surface area contributed by atoms with Crippen LogP contribution in [0.25, 0.3) is 0 Å². The molecule has 0 fully saturated rings. The summed E-state index contributed by atoms with van der Waals surface area (Å²) in [6.07, 6.45) is 2.69. The molecule has 0 aliphatic rings. The molecule has 1 aromatic heterocycles. The molecule has 0 aliphatic heterocycles. The summed E-state index contributed by atoms with van der Waals surface area (Å²) < 4.78 is 0. The second kappa shape index (κ2) is 3.72. The molecule has 3 nitrogen and oxygen atoms in total. The van der Waals surface area contributed by atoms with E-state index in [0.29, 0.717) is 11.4 Å². The molecule has 0 bridgehead atoms. The summed E-state index contributed by atoms with van der Waals surface area (Å²) in [5.74, 6) is 0.648. The first-order valence-corrected chi connectivity index (χ1v) is 3.88. The quantitative estimate of drug-likeness (QED) is 0.716. The Labute approximate surface area is 72.1 Å². The highest BCUT2D eigenvalue weighted by molar-refractivity contribution is 5.52. The van der Waals surface area contributed by atoms with Crippen molar-refractivity contribution in [1.82, 2.24) is 4.98 Å². The topological polar surface area (TPSA) is 48.7 Å². The van der Waals surface area contributed by atoms with Crippen LogP contribution >= 0.6 is 0 Å². The zero-order chi connectivity index (χ0) is 8.97. The number of hydrogen-bond acceptors (Lipinski definition) is 3. The highest BCUT2D eigenvalue weighted by atomic mass is 15.0. The molecule has 0 saturated heterocycles. The molecule has 0 atom stereocenters. The average molecular weight is 161 g/mol. The molecule has 62 valence electrons. The number of rotatable bonds is 2. The Hall–Kier alpha value is -1.56. The average Bonchev–Trinajstić information content (AvgIpc) is 2.16. The third-order valence-corrected chi connectivity index (χ3v) is 1.71. The van der Waals surface area contributed by atoms with Crippen molar-refractivity contribution in [1.29, 1.82) is 5.26 Å². The largest absolute Gasteiger partial charge is 0.372 e. The van der Waals surface area contributed by atoms with Gasteiger partial charge in [0.15, 0.2) is 0 Å². The Kier molecular flexibility index (Phi) is 2.65. The Morgan fingerprint density at radius 3 is 2.92 bits per heavy atom. The fraction of sp³-hybridized carbons (Fsp3) is 0.333. The van der Waals surface area contributed by atoms with Crippen LogP contribution in [0, 0.1) is 11.3 Å². The van der Waals surface area contributed by atoms with E-state index >= 15 is 0 Å². The molecule has 0 unspecified atom stereocenters. The molecule has 0 aliphatic carbocycles. The van der Waals surface area contributed by atoms with Crippen molar-refractivity contribution in [2.24, 2.45) is 0 Å². The van der Waals surface area contributed by atoms with Crippen LogP contribution in [0.1, 0.15) is 18.1 Å². The standard InChI is InChI=1S/C9H11N3/c1-3-7-4-8(5-10)9(11-2)12-6-7/h4,6H,3H2,1-2H3,(H,11,12). The van der Waals surface area contributed by atoms with Crippen molar-refractivity contribution in [3.05, 3.63) is 23.4 Å². The summed E-state index contributed by atoms with van der Waals surface area (Å²) >= 11 is 0. The maximum atomic E-state index is 8.74. The summed E-state index contributed by atoms with van der Waals surface area (Å²) in [5, 5.41) is 11.6. The van der Waals surface area contributed by atoms with Crippen molar-refractivity contribution in [3.8, 4) is 6.07 Å². The highest BCUT2D eigenvalue weighted by Crippen LogP contribution is 2.12. The second-order valence-electron chi connectivity index (χ2n) is 2.46. The Balaban J connectivity index is 3.13. The fourth-order valence-electron chi connectivity index (χ4n) is 0.986. The first-order valence-electron chi connectivity index (χ1n) is 3.88. The van der Waals surface area contributed by atoms with Gasteiger partial charge in [-0.25, -0.2) is 4.98 Å². The van der Waals surface area contributed by atoms with E-state index in [9.17, 15) is 0 Å². The molecule has 0 amide bonds. The zero-order valence-corrected chi connectivity index (χ0v) is 7.26. The molecular formula is C9H11N3. The smallest absolute Gasteiger partial charge is 0.143 e. The van der Waals surface area contributed by atoms with Crippen molar-refractivity contribution < 1.29 is 0 Å². The minimum atomic E-state index is 0.608. The van der Waals surface area contributed by atoms with E-state index in [-0.39, 0.29) is 0 Å². The Morgan fingerprint density at radius 1 is 1.67 bits per heavy atom. The van der Waals surface area contributed by atoms with Crippen LogP contribution in [-0.2, 0) is 6.42 Å². The van der Waals surface area contributed by atoms with E-state index in [1.165, 1.54) is 0 Å². The molecule has 12 heavy (non-hydrogen) atoms. The van der Waals surface area contributed by atoms with Crippen LogP contribution in [0.5, 0.6) is 0 Å². The normalized spacial score (nSPS) is 9.08. The van der Waals surface area contributed by atoms with E-state index in [4.69, 9.17) is 5.26 Å². The van der Waals surface area contributed by atoms with E-state index < -0.39 is 0 Å². The number of nitrogens with one attached hydrogen (secondary N) is 1. The first-order chi connectivity index (χ1) is 5.81. The molecule has 1 heterocycles. The van der Waals surface area contributed by atoms with Crippen LogP contribution in [0.2, 0.25) is 0 Å². The molecular weight excluding hydrogens is 150 g/mol. The van der Waals surface area contributed by atoms with Gasteiger partial charge < -0.3 is 5.32 Å². The van der Waals surface area contributed by atoms with Gasteiger partial charge in [0.1, 0.15) is 11.9 Å². The number of aromatic nitrogens is 1. The first kappa shape index (κ1) is 8.54. The van der Waals surface area contributed by atoms with E-state index in [2.05, 4.69) is 16.4 Å². The van der Waals surface area contributed by atoms with Gasteiger partial charge in [0.25, 0.3) is 0 Å². The van der Waals surface area contributed by atoms with Crippen LogP contribution < -0.4 is 5.32 Å². The summed E-state index contributed by atoms with van der Waals surface area (Å²) in [7, 11) is 1.76. The minimum Gasteiger partial charge on any atom is -0.372 e. The molecule has 1 rings (SSSR count). The predicted octanol–water partition coefficient (Wildman–Crippen LogP) is 1.56. The van der Waals surface area contributed by atoms with Gasteiger partial charge in [0.05, 0.1) is 5.56 Å². The van der Waals surface area contributed by atoms with E-state index in [1.54, 1.807) is 13.2 Å². The molecule has 0 saturated carbocycles. The summed E-state index contributed by atoms with van der Waals surface area (Å²) in [5.41, 5.74) is 1.70. The molecule has 1 N–H and O–H groups in total. The number of hydrogen-bond donors (Lipinski definition) is 1. The molecule has 0 aromatic carbocycles. The minimum absolute atomic E-state index is 0.608. The number of pyridine rings is 1. The van der Waals surface area contributed by atoms with Gasteiger partial charge in [-0.2, -0.15) is 5.26 Å². The van der Waals surface area contributed by atoms with Gasteiger partial charge in [0.2, 0.25) is 0 Å². The van der Waals surface area contributed by atoms with E-state index in [1.807, 2.05) is 13.0 Å². The Morgan fingerprint density at radius 2 is 2.42 bits per heavy atom. The third-order valence-electron chi connectivity index (χ3n) is 1.71. The van der Waals surface area contributed by atoms with Crippen molar-refractivity contribution >= 4 is 5.82 Å². The lowest BCUT2D eigenvalue weighted by molar-refractivity contribution is 1.10. The maximum absolute atomic E-state index is 8.74. The van der Waals surface area contributed by atoms with Crippen LogP contribution in [0.15, 0.2) is 12.3 Å². The zero-order valence-electron chi connectivity index (χ0n) is 7.26. The molecule has 3 heteroatoms. The van der Waals surface area contributed by atoms with Gasteiger partial charge in [-0.1, -0.05) is 6.92 Å².